The van der Waals surface area contributed by atoms with E-state index >= 15 is 0 Å². The minimum absolute atomic E-state index is 0.0183. The van der Waals surface area contributed by atoms with Gasteiger partial charge < -0.3 is 15.1 Å². The van der Waals surface area contributed by atoms with E-state index in [0.717, 1.165) is 31.3 Å². The largest absolute Gasteiger partial charge is 0.451 e. The number of furan rings is 1. The van der Waals surface area contributed by atoms with Crippen molar-refractivity contribution >= 4 is 22.6 Å². The Bertz CT molecular complexity index is 648. The highest BCUT2D eigenvalue weighted by molar-refractivity contribution is 5.96. The van der Waals surface area contributed by atoms with E-state index in [1.165, 1.54) is 0 Å². The molecule has 0 radical (unpaired) electrons. The van der Waals surface area contributed by atoms with E-state index in [-0.39, 0.29) is 5.91 Å². The summed E-state index contributed by atoms with van der Waals surface area (Å²) in [5, 5.41) is 0.880. The van der Waals surface area contributed by atoms with Crippen molar-refractivity contribution in [3.63, 3.8) is 0 Å². The van der Waals surface area contributed by atoms with E-state index in [4.69, 9.17) is 10.2 Å². The Balaban J connectivity index is 1.82. The van der Waals surface area contributed by atoms with Gasteiger partial charge >= 0.3 is 0 Å². The standard InChI is InChI=1S/C16H20N2O2/c1-16(2)5-7-18(8-6-16)15(19)14-10-11-9-12(17)3-4-13(11)20-14/h3-4,9-10H,5-8,17H2,1-2H3. The minimum Gasteiger partial charge on any atom is -0.451 e. The number of anilines is 1. The predicted molar refractivity (Wildman–Crippen MR) is 79.5 cm³/mol. The van der Waals surface area contributed by atoms with Crippen molar-refractivity contribution in [2.75, 3.05) is 18.8 Å². The number of benzene rings is 1. The minimum atomic E-state index is -0.0183. The Kier molecular flexibility index (Phi) is 2.96. The third-order valence-corrected chi connectivity index (χ3v) is 4.16. The van der Waals surface area contributed by atoms with Crippen molar-refractivity contribution in [1.29, 1.82) is 0 Å². The maximum atomic E-state index is 12.5. The SMILES string of the molecule is CC1(C)CCN(C(=O)c2cc3cc(N)ccc3o2)CC1. The molecule has 1 aromatic carbocycles. The van der Waals surface area contributed by atoms with Crippen LogP contribution in [0, 0.1) is 5.41 Å². The van der Waals surface area contributed by atoms with Crippen LogP contribution in [0.1, 0.15) is 37.2 Å². The molecule has 1 amide bonds. The summed E-state index contributed by atoms with van der Waals surface area (Å²) in [5.41, 5.74) is 7.46. The fraction of sp³-hybridized carbons (Fsp3) is 0.438. The lowest BCUT2D eigenvalue weighted by Gasteiger charge is -2.36. The lowest BCUT2D eigenvalue weighted by Crippen LogP contribution is -2.41. The summed E-state index contributed by atoms with van der Waals surface area (Å²) in [6.45, 7) is 6.09. The van der Waals surface area contributed by atoms with Crippen molar-refractivity contribution in [1.82, 2.24) is 4.90 Å². The first-order valence-corrected chi connectivity index (χ1v) is 7.03. The zero-order chi connectivity index (χ0) is 14.3. The van der Waals surface area contributed by atoms with Gasteiger partial charge in [-0.25, -0.2) is 0 Å². The van der Waals surface area contributed by atoms with Crippen molar-refractivity contribution in [3.05, 3.63) is 30.0 Å². The van der Waals surface area contributed by atoms with E-state index in [1.54, 1.807) is 18.2 Å². The topological polar surface area (TPSA) is 59.5 Å². The quantitative estimate of drug-likeness (QED) is 0.810. The van der Waals surface area contributed by atoms with Gasteiger partial charge in [0.05, 0.1) is 0 Å². The van der Waals surface area contributed by atoms with Gasteiger partial charge in [0.2, 0.25) is 0 Å². The first-order chi connectivity index (χ1) is 9.44. The summed E-state index contributed by atoms with van der Waals surface area (Å²) in [6.07, 6.45) is 2.07. The first kappa shape index (κ1) is 13.0. The summed E-state index contributed by atoms with van der Waals surface area (Å²) in [5.74, 6) is 0.389. The van der Waals surface area contributed by atoms with E-state index in [1.807, 2.05) is 11.0 Å². The summed E-state index contributed by atoms with van der Waals surface area (Å²) >= 11 is 0. The van der Waals surface area contributed by atoms with E-state index in [2.05, 4.69) is 13.8 Å². The Hall–Kier alpha value is -1.97. The van der Waals surface area contributed by atoms with E-state index < -0.39 is 0 Å². The molecule has 2 N–H and O–H groups in total. The number of amides is 1. The number of rotatable bonds is 1. The van der Waals surface area contributed by atoms with Crippen LogP contribution in [0.5, 0.6) is 0 Å². The second kappa shape index (κ2) is 4.54. The fourth-order valence-corrected chi connectivity index (χ4v) is 2.64. The molecule has 4 nitrogen and oxygen atoms in total. The Labute approximate surface area is 118 Å². The zero-order valence-corrected chi connectivity index (χ0v) is 12.0. The molecule has 106 valence electrons. The third-order valence-electron chi connectivity index (χ3n) is 4.16. The van der Waals surface area contributed by atoms with Gasteiger partial charge in [0, 0.05) is 24.2 Å². The lowest BCUT2D eigenvalue weighted by molar-refractivity contribution is 0.0601. The molecule has 20 heavy (non-hydrogen) atoms. The molecular weight excluding hydrogens is 252 g/mol. The van der Waals surface area contributed by atoms with Crippen LogP contribution < -0.4 is 5.73 Å². The second-order valence-corrected chi connectivity index (χ2v) is 6.36. The molecule has 1 saturated heterocycles. The van der Waals surface area contributed by atoms with Crippen LogP contribution in [0.4, 0.5) is 5.69 Å². The highest BCUT2D eigenvalue weighted by atomic mass is 16.3. The second-order valence-electron chi connectivity index (χ2n) is 6.36. The van der Waals surface area contributed by atoms with Crippen molar-refractivity contribution < 1.29 is 9.21 Å². The third kappa shape index (κ3) is 2.38. The average molecular weight is 272 g/mol. The van der Waals surface area contributed by atoms with Crippen molar-refractivity contribution in [2.24, 2.45) is 5.41 Å². The molecular formula is C16H20N2O2. The smallest absolute Gasteiger partial charge is 0.289 e. The molecule has 1 aromatic heterocycles. The van der Waals surface area contributed by atoms with Gasteiger partial charge in [-0.2, -0.15) is 0 Å². The number of likely N-dealkylation sites (tertiary alicyclic amines) is 1. The Morgan fingerprint density at radius 2 is 1.95 bits per heavy atom. The van der Waals surface area contributed by atoms with Gasteiger partial charge in [0.1, 0.15) is 5.58 Å². The number of piperidine rings is 1. The summed E-state index contributed by atoms with van der Waals surface area (Å²) in [6, 6.07) is 7.20. The van der Waals surface area contributed by atoms with Gasteiger partial charge in [-0.3, -0.25) is 4.79 Å². The van der Waals surface area contributed by atoms with Gasteiger partial charge in [-0.05, 0) is 42.5 Å². The summed E-state index contributed by atoms with van der Waals surface area (Å²) in [4.78, 5) is 14.3. The number of nitrogens with zero attached hydrogens (tertiary/aromatic N) is 1. The first-order valence-electron chi connectivity index (χ1n) is 7.03. The molecule has 0 bridgehead atoms. The van der Waals surface area contributed by atoms with Crippen molar-refractivity contribution in [2.45, 2.75) is 26.7 Å². The van der Waals surface area contributed by atoms with Crippen LogP contribution in [0.15, 0.2) is 28.7 Å². The van der Waals surface area contributed by atoms with Gasteiger partial charge in [-0.1, -0.05) is 13.8 Å². The molecule has 0 aliphatic carbocycles. The predicted octanol–water partition coefficient (Wildman–Crippen LogP) is 3.28. The normalized spacial score (nSPS) is 18.4. The lowest BCUT2D eigenvalue weighted by atomic mass is 9.82. The summed E-state index contributed by atoms with van der Waals surface area (Å²) in [7, 11) is 0. The fourth-order valence-electron chi connectivity index (χ4n) is 2.64. The Morgan fingerprint density at radius 3 is 2.65 bits per heavy atom. The number of carbonyl (C=O) groups excluding carboxylic acids is 1. The van der Waals surface area contributed by atoms with Crippen LogP contribution in [0.3, 0.4) is 0 Å². The molecule has 4 heteroatoms. The van der Waals surface area contributed by atoms with Crippen LogP contribution >= 0.6 is 0 Å². The molecule has 1 aliphatic heterocycles. The molecule has 2 heterocycles. The molecule has 1 aliphatic rings. The van der Waals surface area contributed by atoms with Crippen molar-refractivity contribution in [3.8, 4) is 0 Å². The summed E-state index contributed by atoms with van der Waals surface area (Å²) < 4.78 is 5.64. The van der Waals surface area contributed by atoms with Gasteiger partial charge in [0.25, 0.3) is 5.91 Å². The number of fused-ring (bicyclic) bond motifs is 1. The van der Waals surface area contributed by atoms with E-state index in [0.29, 0.717) is 22.4 Å². The number of hydrogen-bond donors (Lipinski definition) is 1. The molecule has 3 rings (SSSR count). The van der Waals surface area contributed by atoms with Crippen LogP contribution in [-0.4, -0.2) is 23.9 Å². The number of hydrogen-bond acceptors (Lipinski definition) is 3. The highest BCUT2D eigenvalue weighted by Gasteiger charge is 2.29. The molecule has 0 unspecified atom stereocenters. The van der Waals surface area contributed by atoms with Gasteiger partial charge in [-0.15, -0.1) is 0 Å². The zero-order valence-electron chi connectivity index (χ0n) is 12.0. The number of nitrogens with two attached hydrogens (primary N) is 1. The van der Waals surface area contributed by atoms with Crippen LogP contribution in [-0.2, 0) is 0 Å². The Morgan fingerprint density at radius 1 is 1.25 bits per heavy atom. The molecule has 1 fully saturated rings. The number of nitrogen functional groups attached to an aromatic ring is 1. The average Bonchev–Trinajstić information content (AvgIpc) is 2.80. The molecule has 0 saturated carbocycles. The maximum absolute atomic E-state index is 12.5. The van der Waals surface area contributed by atoms with E-state index in [9.17, 15) is 4.79 Å². The monoisotopic (exact) mass is 272 g/mol. The molecule has 0 atom stereocenters. The molecule has 2 aromatic rings. The van der Waals surface area contributed by atoms with Crippen LogP contribution in [0.2, 0.25) is 0 Å². The van der Waals surface area contributed by atoms with Gasteiger partial charge in [0.15, 0.2) is 5.76 Å². The maximum Gasteiger partial charge on any atom is 0.289 e. The highest BCUT2D eigenvalue weighted by Crippen LogP contribution is 2.31. The van der Waals surface area contributed by atoms with Crippen LogP contribution in [0.25, 0.3) is 11.0 Å². The molecule has 0 spiro atoms. The number of carbonyl (C=O) groups is 1.